The number of oxime groups is 1. The maximum atomic E-state index is 12.2. The molecule has 2 rings (SSSR count). The fourth-order valence-electron chi connectivity index (χ4n) is 2.36. The van der Waals surface area contributed by atoms with Crippen LogP contribution in [0.4, 0.5) is 0 Å². The zero-order chi connectivity index (χ0) is 13.8. The lowest BCUT2D eigenvalue weighted by Crippen LogP contribution is -2.44. The van der Waals surface area contributed by atoms with Crippen molar-refractivity contribution >= 4 is 11.7 Å². The minimum absolute atomic E-state index is 0.0585. The first-order valence-corrected chi connectivity index (χ1v) is 6.17. The Balaban J connectivity index is 2.10. The van der Waals surface area contributed by atoms with Gasteiger partial charge in [0.2, 0.25) is 5.91 Å². The van der Waals surface area contributed by atoms with E-state index in [1.807, 2.05) is 0 Å². The van der Waals surface area contributed by atoms with Crippen molar-refractivity contribution in [1.29, 1.82) is 0 Å². The Morgan fingerprint density at radius 2 is 2.21 bits per heavy atom. The molecule has 0 bridgehead atoms. The fraction of sp³-hybridized carbons (Fsp3) is 0.385. The van der Waals surface area contributed by atoms with Gasteiger partial charge in [0.15, 0.2) is 5.84 Å². The molecule has 0 spiro atoms. The van der Waals surface area contributed by atoms with Crippen LogP contribution in [0.15, 0.2) is 29.4 Å². The lowest BCUT2D eigenvalue weighted by Gasteiger charge is -2.23. The van der Waals surface area contributed by atoms with Gasteiger partial charge < -0.3 is 20.9 Å². The van der Waals surface area contributed by atoms with Crippen LogP contribution in [0.3, 0.4) is 0 Å². The second kappa shape index (κ2) is 5.60. The first-order chi connectivity index (χ1) is 9.13. The summed E-state index contributed by atoms with van der Waals surface area (Å²) in [6, 6.07) is 6.39. The number of amides is 1. The number of amidine groups is 1. The minimum atomic E-state index is -0.344. The average molecular weight is 263 g/mol. The number of aromatic hydroxyl groups is 1. The molecule has 19 heavy (non-hydrogen) atoms. The number of para-hydroxylation sites is 1. The Bertz CT molecular complexity index is 502. The molecule has 1 heterocycles. The van der Waals surface area contributed by atoms with E-state index < -0.39 is 0 Å². The van der Waals surface area contributed by atoms with Crippen LogP contribution in [0.1, 0.15) is 18.4 Å². The lowest BCUT2D eigenvalue weighted by molar-refractivity contribution is -0.130. The van der Waals surface area contributed by atoms with Crippen LogP contribution >= 0.6 is 0 Å². The molecule has 1 atom stereocenters. The predicted octanol–water partition coefficient (Wildman–Crippen LogP) is 0.672. The van der Waals surface area contributed by atoms with Crippen molar-refractivity contribution < 1.29 is 15.1 Å². The summed E-state index contributed by atoms with van der Waals surface area (Å²) < 4.78 is 0. The molecule has 0 aromatic heterocycles. The maximum absolute atomic E-state index is 12.2. The summed E-state index contributed by atoms with van der Waals surface area (Å²) in [5.74, 6) is 0.0362. The Morgan fingerprint density at radius 3 is 2.89 bits per heavy atom. The number of benzene rings is 1. The third-order valence-corrected chi connectivity index (χ3v) is 3.36. The van der Waals surface area contributed by atoms with Crippen LogP contribution < -0.4 is 5.73 Å². The van der Waals surface area contributed by atoms with E-state index in [2.05, 4.69) is 5.16 Å². The number of carbonyl (C=O) groups is 1. The number of likely N-dealkylation sites (tertiary alicyclic amines) is 1. The zero-order valence-electron chi connectivity index (χ0n) is 10.5. The van der Waals surface area contributed by atoms with Crippen molar-refractivity contribution in [2.24, 2.45) is 10.9 Å². The summed E-state index contributed by atoms with van der Waals surface area (Å²) in [6.07, 6.45) is 1.64. The highest BCUT2D eigenvalue weighted by Crippen LogP contribution is 2.21. The van der Waals surface area contributed by atoms with Gasteiger partial charge >= 0.3 is 0 Å². The van der Waals surface area contributed by atoms with Crippen molar-refractivity contribution in [1.82, 2.24) is 4.90 Å². The Hall–Kier alpha value is -2.24. The number of phenols is 1. The first kappa shape index (κ1) is 13.2. The van der Waals surface area contributed by atoms with Gasteiger partial charge in [-0.05, 0) is 18.9 Å². The Morgan fingerprint density at radius 1 is 1.47 bits per heavy atom. The number of rotatable bonds is 3. The van der Waals surface area contributed by atoms with E-state index in [1.54, 1.807) is 29.2 Å². The molecule has 1 aliphatic rings. The van der Waals surface area contributed by atoms with E-state index in [1.165, 1.54) is 0 Å². The molecule has 1 aliphatic heterocycles. The van der Waals surface area contributed by atoms with Crippen molar-refractivity contribution in [3.63, 3.8) is 0 Å². The molecule has 1 aromatic rings. The summed E-state index contributed by atoms with van der Waals surface area (Å²) in [5.41, 5.74) is 6.17. The highest BCUT2D eigenvalue weighted by atomic mass is 16.4. The number of carbonyl (C=O) groups excluding carboxylic acids is 1. The normalized spacial score (nSPS) is 19.7. The van der Waals surface area contributed by atoms with Crippen molar-refractivity contribution in [3.05, 3.63) is 29.8 Å². The Kier molecular flexibility index (Phi) is 3.89. The molecule has 1 amide bonds. The van der Waals surface area contributed by atoms with E-state index in [0.29, 0.717) is 18.5 Å². The summed E-state index contributed by atoms with van der Waals surface area (Å²) in [4.78, 5) is 13.8. The molecular formula is C13H17N3O3. The molecule has 102 valence electrons. The second-order valence-corrected chi connectivity index (χ2v) is 4.58. The van der Waals surface area contributed by atoms with E-state index in [4.69, 9.17) is 10.9 Å². The van der Waals surface area contributed by atoms with E-state index >= 15 is 0 Å². The van der Waals surface area contributed by atoms with Gasteiger partial charge in [0.05, 0.1) is 12.5 Å². The SMILES string of the molecule is N/C(=N/O)C1CCCN1C(=O)Cc1ccccc1O. The van der Waals surface area contributed by atoms with Gasteiger partial charge in [-0.3, -0.25) is 4.79 Å². The van der Waals surface area contributed by atoms with Crippen LogP contribution in [-0.4, -0.2) is 39.5 Å². The molecule has 6 nitrogen and oxygen atoms in total. The molecule has 4 N–H and O–H groups in total. The predicted molar refractivity (Wildman–Crippen MR) is 70.0 cm³/mol. The van der Waals surface area contributed by atoms with Gasteiger partial charge in [-0.1, -0.05) is 23.4 Å². The monoisotopic (exact) mass is 263 g/mol. The van der Waals surface area contributed by atoms with Gasteiger partial charge in [-0.2, -0.15) is 0 Å². The highest BCUT2D eigenvalue weighted by molar-refractivity contribution is 5.91. The largest absolute Gasteiger partial charge is 0.508 e. The fourth-order valence-corrected chi connectivity index (χ4v) is 2.36. The van der Waals surface area contributed by atoms with Crippen LogP contribution in [0.5, 0.6) is 5.75 Å². The van der Waals surface area contributed by atoms with Crippen LogP contribution in [0.25, 0.3) is 0 Å². The molecule has 6 heteroatoms. The minimum Gasteiger partial charge on any atom is -0.508 e. The van der Waals surface area contributed by atoms with Crippen molar-refractivity contribution in [2.45, 2.75) is 25.3 Å². The van der Waals surface area contributed by atoms with Crippen molar-refractivity contribution in [2.75, 3.05) is 6.54 Å². The molecular weight excluding hydrogens is 246 g/mol. The maximum Gasteiger partial charge on any atom is 0.227 e. The second-order valence-electron chi connectivity index (χ2n) is 4.58. The number of hydrogen-bond acceptors (Lipinski definition) is 4. The standard InChI is InChI=1S/C13H17N3O3/c14-13(15-19)10-5-3-7-16(10)12(18)8-9-4-1-2-6-11(9)17/h1-2,4,6,10,17,19H,3,5,7-8H2,(H2,14,15). The van der Waals surface area contributed by atoms with Gasteiger partial charge in [-0.15, -0.1) is 0 Å². The summed E-state index contributed by atoms with van der Waals surface area (Å²) in [6.45, 7) is 0.591. The van der Waals surface area contributed by atoms with E-state index in [9.17, 15) is 9.90 Å². The van der Waals surface area contributed by atoms with Crippen LogP contribution in [-0.2, 0) is 11.2 Å². The smallest absolute Gasteiger partial charge is 0.227 e. The van der Waals surface area contributed by atoms with Crippen LogP contribution in [0, 0.1) is 0 Å². The van der Waals surface area contributed by atoms with E-state index in [0.717, 1.165) is 6.42 Å². The van der Waals surface area contributed by atoms with Gasteiger partial charge in [0.25, 0.3) is 0 Å². The number of hydrogen-bond donors (Lipinski definition) is 3. The third kappa shape index (κ3) is 2.78. The molecule has 1 fully saturated rings. The van der Waals surface area contributed by atoms with Gasteiger partial charge in [0.1, 0.15) is 5.75 Å². The number of phenolic OH excluding ortho intramolecular Hbond substituents is 1. The quantitative estimate of drug-likeness (QED) is 0.323. The average Bonchev–Trinajstić information content (AvgIpc) is 2.90. The van der Waals surface area contributed by atoms with Crippen molar-refractivity contribution in [3.8, 4) is 5.75 Å². The van der Waals surface area contributed by atoms with Crippen LogP contribution in [0.2, 0.25) is 0 Å². The summed E-state index contributed by atoms with van der Waals surface area (Å²) in [5, 5.41) is 21.4. The summed E-state index contributed by atoms with van der Waals surface area (Å²) in [7, 11) is 0. The zero-order valence-corrected chi connectivity index (χ0v) is 10.5. The molecule has 1 unspecified atom stereocenters. The first-order valence-electron chi connectivity index (χ1n) is 6.17. The van der Waals surface area contributed by atoms with Gasteiger partial charge in [-0.25, -0.2) is 0 Å². The molecule has 0 radical (unpaired) electrons. The third-order valence-electron chi connectivity index (χ3n) is 3.36. The number of nitrogens with zero attached hydrogens (tertiary/aromatic N) is 2. The highest BCUT2D eigenvalue weighted by Gasteiger charge is 2.31. The Labute approximate surface area is 111 Å². The molecule has 1 saturated heterocycles. The topological polar surface area (TPSA) is 99.2 Å². The van der Waals surface area contributed by atoms with Gasteiger partial charge in [0, 0.05) is 12.1 Å². The molecule has 0 saturated carbocycles. The van der Waals surface area contributed by atoms with E-state index in [-0.39, 0.29) is 30.0 Å². The lowest BCUT2D eigenvalue weighted by atomic mass is 10.1. The molecule has 1 aromatic carbocycles. The number of nitrogens with two attached hydrogens (primary N) is 1. The summed E-state index contributed by atoms with van der Waals surface area (Å²) >= 11 is 0. The molecule has 0 aliphatic carbocycles.